The Morgan fingerprint density at radius 3 is 2.80 bits per heavy atom. The Hall–Kier alpha value is -0.630. The van der Waals surface area contributed by atoms with Crippen molar-refractivity contribution >= 4 is 22.1 Å². The molecular formula is C8H10BrN. The monoisotopic (exact) mass is 199 g/mol. The zero-order chi connectivity index (χ0) is 7.82. The fourth-order valence-corrected chi connectivity index (χ4v) is 0.494. The van der Waals surface area contributed by atoms with Crippen molar-refractivity contribution < 1.29 is 0 Å². The summed E-state index contributed by atoms with van der Waals surface area (Å²) in [6.45, 7) is 5.40. The molecule has 0 N–H and O–H groups in total. The number of nitrogens with zero attached hydrogens (tertiary/aromatic N) is 1. The van der Waals surface area contributed by atoms with Gasteiger partial charge in [0, 0.05) is 16.9 Å². The number of halogens is 1. The fourth-order valence-electron chi connectivity index (χ4n) is 0.342. The highest BCUT2D eigenvalue weighted by molar-refractivity contribution is 9.11. The molecular weight excluding hydrogens is 190 g/mol. The second kappa shape index (κ2) is 6.49. The summed E-state index contributed by atoms with van der Waals surface area (Å²) in [5, 5.41) is 0. The first-order chi connectivity index (χ1) is 4.81. The summed E-state index contributed by atoms with van der Waals surface area (Å²) in [7, 11) is 0. The molecule has 0 heterocycles. The lowest BCUT2D eigenvalue weighted by molar-refractivity contribution is 1.62. The minimum Gasteiger partial charge on any atom is -0.265 e. The third-order valence-corrected chi connectivity index (χ3v) is 1.53. The van der Waals surface area contributed by atoms with Crippen LogP contribution in [0.3, 0.4) is 0 Å². The normalized spacial score (nSPS) is 13.2. The molecule has 0 amide bonds. The van der Waals surface area contributed by atoms with Crippen LogP contribution in [0.5, 0.6) is 0 Å². The van der Waals surface area contributed by atoms with Gasteiger partial charge in [0.1, 0.15) is 0 Å². The van der Waals surface area contributed by atoms with Crippen molar-refractivity contribution in [3.8, 4) is 0 Å². The number of rotatable bonds is 3. The Morgan fingerprint density at radius 2 is 2.30 bits per heavy atom. The van der Waals surface area contributed by atoms with Crippen LogP contribution >= 0.6 is 15.9 Å². The smallest absolute Gasteiger partial charge is 0.0267 e. The molecule has 0 aromatic rings. The molecule has 0 atom stereocenters. The molecule has 0 fully saturated rings. The van der Waals surface area contributed by atoms with Crippen molar-refractivity contribution in [2.45, 2.75) is 6.92 Å². The fraction of sp³-hybridized carbons (Fsp3) is 0.125. The molecule has 2 heteroatoms. The number of aliphatic imine (C=N–C) groups is 1. The zero-order valence-corrected chi connectivity index (χ0v) is 7.51. The van der Waals surface area contributed by atoms with Gasteiger partial charge in [0.2, 0.25) is 0 Å². The van der Waals surface area contributed by atoms with Crippen LogP contribution in [-0.4, -0.2) is 6.21 Å². The molecule has 0 aromatic carbocycles. The second-order valence-electron chi connectivity index (χ2n) is 1.51. The Labute approximate surface area is 70.0 Å². The van der Waals surface area contributed by atoms with Gasteiger partial charge in [-0.25, -0.2) is 0 Å². The van der Waals surface area contributed by atoms with Gasteiger partial charge in [0.05, 0.1) is 0 Å². The molecule has 0 saturated heterocycles. The molecule has 0 aliphatic rings. The van der Waals surface area contributed by atoms with Gasteiger partial charge in [-0.3, -0.25) is 4.99 Å². The van der Waals surface area contributed by atoms with Crippen molar-refractivity contribution in [2.24, 2.45) is 4.99 Å². The van der Waals surface area contributed by atoms with Crippen LogP contribution in [0.1, 0.15) is 6.92 Å². The summed E-state index contributed by atoms with van der Waals surface area (Å²) < 4.78 is 1.04. The standard InChI is InChI=1S/C8H10BrN/c1-3-8(9)6-5-7-10-4-2/h3-7H,2H2,1H3/b6-5-,8-3-,10-7+. The molecule has 0 saturated carbocycles. The lowest BCUT2D eigenvalue weighted by Gasteiger charge is -1.80. The molecule has 0 aliphatic carbocycles. The van der Waals surface area contributed by atoms with Gasteiger partial charge in [-0.05, 0) is 19.1 Å². The summed E-state index contributed by atoms with van der Waals surface area (Å²) in [5.41, 5.74) is 0. The molecule has 0 aliphatic heterocycles. The molecule has 10 heavy (non-hydrogen) atoms. The zero-order valence-electron chi connectivity index (χ0n) is 5.92. The van der Waals surface area contributed by atoms with Crippen molar-refractivity contribution in [3.63, 3.8) is 0 Å². The van der Waals surface area contributed by atoms with Gasteiger partial charge in [-0.2, -0.15) is 0 Å². The van der Waals surface area contributed by atoms with Crippen LogP contribution in [0.15, 0.2) is 40.5 Å². The highest BCUT2D eigenvalue weighted by Gasteiger charge is 1.74. The van der Waals surface area contributed by atoms with Crippen LogP contribution in [0.25, 0.3) is 0 Å². The van der Waals surface area contributed by atoms with E-state index in [0.29, 0.717) is 0 Å². The summed E-state index contributed by atoms with van der Waals surface area (Å²) in [4.78, 5) is 3.78. The average molecular weight is 200 g/mol. The predicted molar refractivity (Wildman–Crippen MR) is 50.5 cm³/mol. The largest absolute Gasteiger partial charge is 0.265 e. The van der Waals surface area contributed by atoms with Crippen LogP contribution in [0, 0.1) is 0 Å². The molecule has 0 radical (unpaired) electrons. The maximum Gasteiger partial charge on any atom is 0.0267 e. The summed E-state index contributed by atoms with van der Waals surface area (Å²) in [6, 6.07) is 0. The molecule has 54 valence electrons. The van der Waals surface area contributed by atoms with Crippen molar-refractivity contribution in [3.05, 3.63) is 35.5 Å². The first-order valence-corrected chi connectivity index (χ1v) is 3.73. The third-order valence-electron chi connectivity index (χ3n) is 0.809. The molecule has 1 nitrogen and oxygen atoms in total. The molecule has 0 bridgehead atoms. The first-order valence-electron chi connectivity index (χ1n) is 2.93. The molecule has 0 spiro atoms. The predicted octanol–water partition coefficient (Wildman–Crippen LogP) is 3.06. The van der Waals surface area contributed by atoms with E-state index in [9.17, 15) is 0 Å². The molecule has 0 unspecified atom stereocenters. The topological polar surface area (TPSA) is 12.4 Å². The highest BCUT2D eigenvalue weighted by Crippen LogP contribution is 2.04. The minimum absolute atomic E-state index is 1.04. The lowest BCUT2D eigenvalue weighted by atomic mass is 10.4. The van der Waals surface area contributed by atoms with Gasteiger partial charge in [-0.1, -0.05) is 28.6 Å². The van der Waals surface area contributed by atoms with Gasteiger partial charge >= 0.3 is 0 Å². The summed E-state index contributed by atoms with van der Waals surface area (Å²) >= 11 is 3.32. The quantitative estimate of drug-likeness (QED) is 0.490. The van der Waals surface area contributed by atoms with Crippen LogP contribution in [-0.2, 0) is 0 Å². The lowest BCUT2D eigenvalue weighted by Crippen LogP contribution is -1.62. The third kappa shape index (κ3) is 5.51. The van der Waals surface area contributed by atoms with E-state index in [1.165, 1.54) is 6.20 Å². The first kappa shape index (κ1) is 9.37. The molecule has 0 rings (SSSR count). The average Bonchev–Trinajstić information content (AvgIpc) is 1.98. The van der Waals surface area contributed by atoms with Crippen LogP contribution < -0.4 is 0 Å². The summed E-state index contributed by atoms with van der Waals surface area (Å²) in [5.74, 6) is 0. The van der Waals surface area contributed by atoms with Crippen LogP contribution in [0.2, 0.25) is 0 Å². The minimum atomic E-state index is 1.04. The maximum absolute atomic E-state index is 3.78. The Balaban J connectivity index is 3.77. The van der Waals surface area contributed by atoms with Crippen molar-refractivity contribution in [2.75, 3.05) is 0 Å². The van der Waals surface area contributed by atoms with E-state index in [1.54, 1.807) is 6.21 Å². The maximum atomic E-state index is 3.78. The van der Waals surface area contributed by atoms with E-state index in [-0.39, 0.29) is 0 Å². The van der Waals surface area contributed by atoms with E-state index in [0.717, 1.165) is 4.48 Å². The second-order valence-corrected chi connectivity index (χ2v) is 2.43. The van der Waals surface area contributed by atoms with Crippen molar-refractivity contribution in [1.29, 1.82) is 0 Å². The molecule has 0 aromatic heterocycles. The van der Waals surface area contributed by atoms with E-state index in [4.69, 9.17) is 0 Å². The SMILES string of the molecule is C=C/N=C/C=C\C(Br)=C\C. The van der Waals surface area contributed by atoms with Gasteiger partial charge in [0.15, 0.2) is 0 Å². The Bertz CT molecular complexity index is 178. The van der Waals surface area contributed by atoms with Gasteiger partial charge in [-0.15, -0.1) is 0 Å². The Kier molecular flexibility index (Phi) is 6.08. The highest BCUT2D eigenvalue weighted by atomic mass is 79.9. The van der Waals surface area contributed by atoms with Crippen molar-refractivity contribution in [1.82, 2.24) is 0 Å². The number of allylic oxidation sites excluding steroid dienone is 4. The summed E-state index contributed by atoms with van der Waals surface area (Å²) in [6.07, 6.45) is 8.88. The number of hydrogen-bond acceptors (Lipinski definition) is 1. The number of hydrogen-bond donors (Lipinski definition) is 0. The van der Waals surface area contributed by atoms with Crippen LogP contribution in [0.4, 0.5) is 0 Å². The van der Waals surface area contributed by atoms with E-state index < -0.39 is 0 Å². The Morgan fingerprint density at radius 1 is 1.60 bits per heavy atom. The van der Waals surface area contributed by atoms with E-state index in [1.807, 2.05) is 25.2 Å². The van der Waals surface area contributed by atoms with E-state index in [2.05, 4.69) is 27.5 Å². The van der Waals surface area contributed by atoms with Gasteiger partial charge < -0.3 is 0 Å². The van der Waals surface area contributed by atoms with Gasteiger partial charge in [0.25, 0.3) is 0 Å². The van der Waals surface area contributed by atoms with E-state index >= 15 is 0 Å².